The number of fused-ring (bicyclic) bond motifs is 1. The number of aldehydes is 1. The fraction of sp³-hybridized carbons (Fsp3) is 0.158. The number of carbonyl (C=O) groups is 1. The second-order valence-corrected chi connectivity index (χ2v) is 5.29. The van der Waals surface area contributed by atoms with Crippen LogP contribution in [0.5, 0.6) is 0 Å². The molecule has 1 unspecified atom stereocenters. The highest BCUT2D eigenvalue weighted by Crippen LogP contribution is 2.25. The maximum atomic E-state index is 12.3. The molecule has 2 aromatic carbocycles. The third-order valence-corrected chi connectivity index (χ3v) is 3.63. The van der Waals surface area contributed by atoms with Crippen molar-refractivity contribution in [1.82, 2.24) is 0 Å². The van der Waals surface area contributed by atoms with Crippen LogP contribution in [-0.2, 0) is 14.6 Å². The minimum absolute atomic E-state index is 0.104. The molecular weight excluding hydrogens is 308 g/mol. The van der Waals surface area contributed by atoms with Crippen molar-refractivity contribution < 1.29 is 19.0 Å². The van der Waals surface area contributed by atoms with Crippen molar-refractivity contribution in [1.29, 1.82) is 0 Å². The van der Waals surface area contributed by atoms with Crippen LogP contribution in [0.1, 0.15) is 18.6 Å². The fourth-order valence-electron chi connectivity index (χ4n) is 2.39. The summed E-state index contributed by atoms with van der Waals surface area (Å²) in [7, 11) is 0. The number of rotatable bonds is 6. The van der Waals surface area contributed by atoms with E-state index >= 15 is 0 Å². The smallest absolute Gasteiger partial charge is 0.193 e. The monoisotopic (exact) mass is 324 g/mol. The molecule has 0 N–H and O–H groups in total. The predicted molar refractivity (Wildman–Crippen MR) is 89.4 cm³/mol. The SMILES string of the molecule is CC(OOCC=O)c1ccc2c(=O)cc(-c3ccccc3)oc2c1. The zero-order valence-electron chi connectivity index (χ0n) is 13.1. The van der Waals surface area contributed by atoms with Gasteiger partial charge in [0.2, 0.25) is 0 Å². The molecule has 0 radical (unpaired) electrons. The van der Waals surface area contributed by atoms with Crippen LogP contribution in [0.4, 0.5) is 0 Å². The zero-order chi connectivity index (χ0) is 16.9. The van der Waals surface area contributed by atoms with Crippen molar-refractivity contribution in [2.75, 3.05) is 6.61 Å². The second-order valence-electron chi connectivity index (χ2n) is 5.29. The summed E-state index contributed by atoms with van der Waals surface area (Å²) in [5.74, 6) is 0.510. The maximum Gasteiger partial charge on any atom is 0.193 e. The van der Waals surface area contributed by atoms with Crippen LogP contribution in [0.2, 0.25) is 0 Å². The number of hydrogen-bond donors (Lipinski definition) is 0. The van der Waals surface area contributed by atoms with Crippen LogP contribution in [0.25, 0.3) is 22.3 Å². The van der Waals surface area contributed by atoms with Gasteiger partial charge in [0.05, 0.1) is 5.39 Å². The molecule has 0 fully saturated rings. The highest BCUT2D eigenvalue weighted by Gasteiger charge is 2.12. The molecule has 1 heterocycles. The van der Waals surface area contributed by atoms with E-state index in [1.807, 2.05) is 30.3 Å². The van der Waals surface area contributed by atoms with Crippen LogP contribution in [0.15, 0.2) is 63.8 Å². The van der Waals surface area contributed by atoms with E-state index < -0.39 is 6.10 Å². The lowest BCUT2D eigenvalue weighted by molar-refractivity contribution is -0.316. The Morgan fingerprint density at radius 2 is 1.92 bits per heavy atom. The van der Waals surface area contributed by atoms with E-state index in [1.54, 1.807) is 25.1 Å². The second kappa shape index (κ2) is 7.21. The first-order chi connectivity index (χ1) is 11.7. The van der Waals surface area contributed by atoms with E-state index in [0.717, 1.165) is 11.1 Å². The lowest BCUT2D eigenvalue weighted by Gasteiger charge is -2.12. The predicted octanol–water partition coefficient (Wildman–Crippen LogP) is 3.67. The van der Waals surface area contributed by atoms with Crippen LogP contribution < -0.4 is 5.43 Å². The molecular formula is C19H16O5. The minimum Gasteiger partial charge on any atom is -0.456 e. The van der Waals surface area contributed by atoms with E-state index in [0.29, 0.717) is 23.0 Å². The normalized spacial score (nSPS) is 12.2. The van der Waals surface area contributed by atoms with Crippen molar-refractivity contribution in [2.45, 2.75) is 13.0 Å². The standard InChI is InChI=1S/C19H16O5/c1-13(24-22-10-9-20)15-7-8-16-17(21)12-18(23-19(16)11-15)14-5-3-2-4-6-14/h2-9,11-13H,10H2,1H3. The van der Waals surface area contributed by atoms with Gasteiger partial charge in [-0.05, 0) is 24.6 Å². The summed E-state index contributed by atoms with van der Waals surface area (Å²) in [5.41, 5.74) is 1.99. The first-order valence-electron chi connectivity index (χ1n) is 7.54. The lowest BCUT2D eigenvalue weighted by Crippen LogP contribution is -2.05. The van der Waals surface area contributed by atoms with E-state index in [1.165, 1.54) is 6.07 Å². The Balaban J connectivity index is 1.99. The summed E-state index contributed by atoms with van der Waals surface area (Å²) in [4.78, 5) is 32.4. The molecule has 0 aliphatic rings. The Bertz CT molecular complexity index is 899. The van der Waals surface area contributed by atoms with Crippen molar-refractivity contribution in [3.05, 3.63) is 70.4 Å². The third-order valence-electron chi connectivity index (χ3n) is 3.63. The molecule has 122 valence electrons. The van der Waals surface area contributed by atoms with Crippen LogP contribution >= 0.6 is 0 Å². The molecule has 0 bridgehead atoms. The molecule has 0 aliphatic carbocycles. The highest BCUT2D eigenvalue weighted by molar-refractivity contribution is 5.79. The molecule has 0 aliphatic heterocycles. The fourth-order valence-corrected chi connectivity index (χ4v) is 2.39. The van der Waals surface area contributed by atoms with Gasteiger partial charge >= 0.3 is 0 Å². The van der Waals surface area contributed by atoms with Gasteiger partial charge in [0, 0.05) is 11.6 Å². The minimum atomic E-state index is -0.403. The number of hydrogen-bond acceptors (Lipinski definition) is 5. The zero-order valence-corrected chi connectivity index (χ0v) is 13.1. The maximum absolute atomic E-state index is 12.3. The topological polar surface area (TPSA) is 65.7 Å². The van der Waals surface area contributed by atoms with Crippen LogP contribution in [0, 0.1) is 0 Å². The van der Waals surface area contributed by atoms with Crippen LogP contribution in [-0.4, -0.2) is 12.9 Å². The molecule has 0 spiro atoms. The Hall–Kier alpha value is -2.76. The molecule has 1 atom stereocenters. The van der Waals surface area contributed by atoms with Gasteiger partial charge in [0.15, 0.2) is 5.43 Å². The van der Waals surface area contributed by atoms with Gasteiger partial charge in [-0.2, -0.15) is 0 Å². The van der Waals surface area contributed by atoms with Gasteiger partial charge in [-0.15, -0.1) is 0 Å². The van der Waals surface area contributed by atoms with Gasteiger partial charge in [-0.1, -0.05) is 36.4 Å². The van der Waals surface area contributed by atoms with Crippen LogP contribution in [0.3, 0.4) is 0 Å². The van der Waals surface area contributed by atoms with Gasteiger partial charge in [-0.3, -0.25) is 4.79 Å². The molecule has 0 saturated heterocycles. The first kappa shape index (κ1) is 16.1. The largest absolute Gasteiger partial charge is 0.456 e. The lowest BCUT2D eigenvalue weighted by atomic mass is 10.1. The van der Waals surface area contributed by atoms with Gasteiger partial charge in [-0.25, -0.2) is 9.78 Å². The van der Waals surface area contributed by atoms with E-state index in [-0.39, 0.29) is 12.0 Å². The quantitative estimate of drug-likeness (QED) is 0.299. The third kappa shape index (κ3) is 3.42. The van der Waals surface area contributed by atoms with E-state index in [9.17, 15) is 9.59 Å². The summed E-state index contributed by atoms with van der Waals surface area (Å²) in [6.07, 6.45) is 0.207. The van der Waals surface area contributed by atoms with Gasteiger partial charge in [0.1, 0.15) is 30.3 Å². The molecule has 3 rings (SSSR count). The van der Waals surface area contributed by atoms with E-state index in [4.69, 9.17) is 14.2 Å². The van der Waals surface area contributed by atoms with Crippen molar-refractivity contribution in [3.63, 3.8) is 0 Å². The van der Waals surface area contributed by atoms with Gasteiger partial charge < -0.3 is 9.21 Å². The Morgan fingerprint density at radius 3 is 2.67 bits per heavy atom. The van der Waals surface area contributed by atoms with Crippen molar-refractivity contribution in [2.24, 2.45) is 0 Å². The number of carbonyl (C=O) groups excluding carboxylic acids is 1. The molecule has 5 nitrogen and oxygen atoms in total. The summed E-state index contributed by atoms with van der Waals surface area (Å²) in [5, 5.41) is 0.499. The molecule has 0 amide bonds. The average Bonchev–Trinajstić information content (AvgIpc) is 2.62. The first-order valence-corrected chi connectivity index (χ1v) is 7.54. The van der Waals surface area contributed by atoms with Crippen molar-refractivity contribution >= 4 is 17.3 Å². The summed E-state index contributed by atoms with van der Waals surface area (Å²) >= 11 is 0. The Labute approximate surface area is 138 Å². The summed E-state index contributed by atoms with van der Waals surface area (Å²) < 4.78 is 5.89. The van der Waals surface area contributed by atoms with E-state index in [2.05, 4.69) is 0 Å². The number of benzene rings is 2. The Morgan fingerprint density at radius 1 is 1.12 bits per heavy atom. The summed E-state index contributed by atoms with van der Waals surface area (Å²) in [6.45, 7) is 1.65. The van der Waals surface area contributed by atoms with Gasteiger partial charge in [0.25, 0.3) is 0 Å². The molecule has 3 aromatic rings. The molecule has 24 heavy (non-hydrogen) atoms. The average molecular weight is 324 g/mol. The summed E-state index contributed by atoms with van der Waals surface area (Å²) in [6, 6.07) is 16.1. The molecule has 1 aromatic heterocycles. The highest BCUT2D eigenvalue weighted by atomic mass is 17.2. The van der Waals surface area contributed by atoms with Crippen molar-refractivity contribution in [3.8, 4) is 11.3 Å². The Kier molecular flexibility index (Phi) is 4.84. The molecule has 0 saturated carbocycles. The molecule has 5 heteroatoms.